The molecule has 0 aliphatic carbocycles. The smallest absolute Gasteiger partial charge is 0.416 e. The summed E-state index contributed by atoms with van der Waals surface area (Å²) in [7, 11) is 0. The van der Waals surface area contributed by atoms with Crippen LogP contribution >= 0.6 is 0 Å². The molecular formula is C26H24F3NO3. The van der Waals surface area contributed by atoms with Crippen molar-refractivity contribution in [2.75, 3.05) is 6.54 Å². The minimum Gasteiger partial charge on any atom is -0.489 e. The van der Waals surface area contributed by atoms with Gasteiger partial charge in [-0.25, -0.2) is 0 Å². The lowest BCUT2D eigenvalue weighted by atomic mass is 9.94. The third-order valence-electron chi connectivity index (χ3n) is 5.92. The molecule has 1 fully saturated rings. The van der Waals surface area contributed by atoms with E-state index in [4.69, 9.17) is 4.74 Å². The Morgan fingerprint density at radius 2 is 1.67 bits per heavy atom. The lowest BCUT2D eigenvalue weighted by Crippen LogP contribution is -2.39. The summed E-state index contributed by atoms with van der Waals surface area (Å²) in [5.41, 5.74) is 1.55. The number of para-hydroxylation sites is 1. The van der Waals surface area contributed by atoms with Gasteiger partial charge in [0.25, 0.3) is 0 Å². The molecule has 4 rings (SSSR count). The van der Waals surface area contributed by atoms with Crippen molar-refractivity contribution in [1.29, 1.82) is 0 Å². The number of alkyl halides is 3. The van der Waals surface area contributed by atoms with Gasteiger partial charge in [-0.15, -0.1) is 0 Å². The van der Waals surface area contributed by atoms with Crippen LogP contribution in [0.1, 0.15) is 41.1 Å². The van der Waals surface area contributed by atoms with Crippen molar-refractivity contribution < 1.29 is 27.8 Å². The third-order valence-corrected chi connectivity index (χ3v) is 5.92. The summed E-state index contributed by atoms with van der Waals surface area (Å²) < 4.78 is 45.5. The highest BCUT2D eigenvalue weighted by molar-refractivity contribution is 5.74. The van der Waals surface area contributed by atoms with Crippen molar-refractivity contribution in [2.24, 2.45) is 0 Å². The highest BCUT2D eigenvalue weighted by Crippen LogP contribution is 2.40. The number of carbonyl (C=O) groups is 1. The zero-order chi connectivity index (χ0) is 23.4. The van der Waals surface area contributed by atoms with E-state index in [0.29, 0.717) is 37.3 Å². The summed E-state index contributed by atoms with van der Waals surface area (Å²) in [6, 6.07) is 20.6. The average molecular weight is 455 g/mol. The number of benzene rings is 3. The minimum absolute atomic E-state index is 0.319. The van der Waals surface area contributed by atoms with Crippen molar-refractivity contribution in [2.45, 2.75) is 37.7 Å². The number of hydrogen-bond donors (Lipinski definition) is 1. The third kappa shape index (κ3) is 5.20. The molecule has 0 aromatic heterocycles. The number of halogens is 3. The number of hydrogen-bond acceptors (Lipinski definition) is 3. The summed E-state index contributed by atoms with van der Waals surface area (Å²) in [5, 5.41) is 9.78. The standard InChI is InChI=1S/C26H24F3NO3/c27-26(28,29)20-14-12-19(13-15-20)24(30-16-6-10-22(30)25(31)32)21-9-4-5-11-23(21)33-17-18-7-2-1-3-8-18/h1-5,7-9,11-15,22,24H,6,10,16-17H2,(H,31,32). The van der Waals surface area contributed by atoms with E-state index in [0.717, 1.165) is 23.3 Å². The Hall–Kier alpha value is -3.32. The predicted molar refractivity (Wildman–Crippen MR) is 118 cm³/mol. The van der Waals surface area contributed by atoms with Gasteiger partial charge in [0.1, 0.15) is 18.4 Å². The summed E-state index contributed by atoms with van der Waals surface area (Å²) in [6.45, 7) is 0.843. The topological polar surface area (TPSA) is 49.8 Å². The summed E-state index contributed by atoms with van der Waals surface area (Å²) in [5.74, 6) is -0.366. The molecule has 1 saturated heterocycles. The van der Waals surface area contributed by atoms with Gasteiger partial charge in [-0.05, 0) is 42.2 Å². The molecule has 33 heavy (non-hydrogen) atoms. The van der Waals surface area contributed by atoms with Crippen LogP contribution in [0.5, 0.6) is 5.75 Å². The maximum absolute atomic E-state index is 13.1. The lowest BCUT2D eigenvalue weighted by Gasteiger charge is -2.33. The zero-order valence-corrected chi connectivity index (χ0v) is 17.8. The minimum atomic E-state index is -4.44. The molecule has 1 heterocycles. The molecule has 0 bridgehead atoms. The van der Waals surface area contributed by atoms with Gasteiger partial charge in [-0.3, -0.25) is 9.69 Å². The van der Waals surface area contributed by atoms with Crippen molar-refractivity contribution in [3.05, 3.63) is 101 Å². The second-order valence-electron chi connectivity index (χ2n) is 8.07. The van der Waals surface area contributed by atoms with Gasteiger partial charge in [-0.1, -0.05) is 60.7 Å². The van der Waals surface area contributed by atoms with E-state index in [1.165, 1.54) is 12.1 Å². The molecule has 4 nitrogen and oxygen atoms in total. The molecule has 1 aliphatic heterocycles. The van der Waals surface area contributed by atoms with Crippen LogP contribution in [0.2, 0.25) is 0 Å². The average Bonchev–Trinajstić information content (AvgIpc) is 3.29. The van der Waals surface area contributed by atoms with Crippen LogP contribution in [0.4, 0.5) is 13.2 Å². The first kappa shape index (κ1) is 22.9. The van der Waals surface area contributed by atoms with E-state index in [9.17, 15) is 23.1 Å². The van der Waals surface area contributed by atoms with Crippen LogP contribution in [0.3, 0.4) is 0 Å². The fraction of sp³-hybridized carbons (Fsp3) is 0.269. The summed E-state index contributed by atoms with van der Waals surface area (Å²) >= 11 is 0. The van der Waals surface area contributed by atoms with Crippen LogP contribution in [0.15, 0.2) is 78.9 Å². The van der Waals surface area contributed by atoms with E-state index in [-0.39, 0.29) is 0 Å². The van der Waals surface area contributed by atoms with E-state index in [1.54, 1.807) is 6.07 Å². The molecular weight excluding hydrogens is 431 g/mol. The molecule has 3 aromatic carbocycles. The van der Waals surface area contributed by atoms with Gasteiger partial charge in [0.15, 0.2) is 0 Å². The van der Waals surface area contributed by atoms with Crippen LogP contribution in [0.25, 0.3) is 0 Å². The first-order valence-electron chi connectivity index (χ1n) is 10.8. The fourth-order valence-corrected chi connectivity index (χ4v) is 4.34. The monoisotopic (exact) mass is 455 g/mol. The summed E-state index contributed by atoms with van der Waals surface area (Å²) in [4.78, 5) is 13.8. The molecule has 3 aromatic rings. The molecule has 1 N–H and O–H groups in total. The summed E-state index contributed by atoms with van der Waals surface area (Å²) in [6.07, 6.45) is -3.26. The Morgan fingerprint density at radius 3 is 2.33 bits per heavy atom. The van der Waals surface area contributed by atoms with Crippen molar-refractivity contribution in [3.8, 4) is 5.75 Å². The second kappa shape index (κ2) is 9.67. The number of aliphatic carboxylic acids is 1. The quantitative estimate of drug-likeness (QED) is 0.480. The van der Waals surface area contributed by atoms with E-state index < -0.39 is 29.8 Å². The normalized spacial score (nSPS) is 17.6. The number of rotatable bonds is 7. The Balaban J connectivity index is 1.73. The highest BCUT2D eigenvalue weighted by atomic mass is 19.4. The van der Waals surface area contributed by atoms with Crippen molar-refractivity contribution in [3.63, 3.8) is 0 Å². The number of likely N-dealkylation sites (tertiary alicyclic amines) is 1. The van der Waals surface area contributed by atoms with Gasteiger partial charge >= 0.3 is 12.1 Å². The molecule has 0 amide bonds. The SMILES string of the molecule is O=C(O)C1CCCN1C(c1ccc(C(F)(F)F)cc1)c1ccccc1OCc1ccccc1. The predicted octanol–water partition coefficient (Wildman–Crippen LogP) is 5.92. The number of carboxylic acid groups (broad SMARTS) is 1. The van der Waals surface area contributed by atoms with Crippen LogP contribution in [-0.4, -0.2) is 28.6 Å². The van der Waals surface area contributed by atoms with Crippen molar-refractivity contribution in [1.82, 2.24) is 4.90 Å². The Morgan fingerprint density at radius 1 is 1.00 bits per heavy atom. The fourth-order valence-electron chi connectivity index (χ4n) is 4.34. The Labute approximate surface area is 190 Å². The molecule has 2 atom stereocenters. The molecule has 1 aliphatic rings. The van der Waals surface area contributed by atoms with E-state index in [1.807, 2.05) is 53.4 Å². The Kier molecular flexibility index (Phi) is 6.70. The van der Waals surface area contributed by atoms with Gasteiger partial charge in [-0.2, -0.15) is 13.2 Å². The van der Waals surface area contributed by atoms with Crippen LogP contribution < -0.4 is 4.74 Å². The molecule has 0 spiro atoms. The largest absolute Gasteiger partial charge is 0.489 e. The molecule has 172 valence electrons. The molecule has 0 radical (unpaired) electrons. The zero-order valence-electron chi connectivity index (χ0n) is 17.8. The van der Waals surface area contributed by atoms with Gasteiger partial charge in [0.2, 0.25) is 0 Å². The lowest BCUT2D eigenvalue weighted by molar-refractivity contribution is -0.142. The van der Waals surface area contributed by atoms with Crippen LogP contribution in [0, 0.1) is 0 Å². The molecule has 2 unspecified atom stereocenters. The van der Waals surface area contributed by atoms with Crippen molar-refractivity contribution >= 4 is 5.97 Å². The van der Waals surface area contributed by atoms with Gasteiger partial charge < -0.3 is 9.84 Å². The van der Waals surface area contributed by atoms with Gasteiger partial charge in [0.05, 0.1) is 11.6 Å². The number of carboxylic acids is 1. The molecule has 0 saturated carbocycles. The van der Waals surface area contributed by atoms with E-state index in [2.05, 4.69) is 0 Å². The second-order valence-corrected chi connectivity index (χ2v) is 8.07. The number of ether oxygens (including phenoxy) is 1. The number of nitrogens with zero attached hydrogens (tertiary/aromatic N) is 1. The Bertz CT molecular complexity index is 1080. The first-order valence-corrected chi connectivity index (χ1v) is 10.8. The maximum atomic E-state index is 13.1. The van der Waals surface area contributed by atoms with Gasteiger partial charge in [0, 0.05) is 12.1 Å². The highest BCUT2D eigenvalue weighted by Gasteiger charge is 2.38. The first-order chi connectivity index (χ1) is 15.8. The molecule has 7 heteroatoms. The van der Waals surface area contributed by atoms with E-state index >= 15 is 0 Å². The maximum Gasteiger partial charge on any atom is 0.416 e. The van der Waals surface area contributed by atoms with Crippen LogP contribution in [-0.2, 0) is 17.6 Å².